The number of anilines is 2. The molecule has 1 fully saturated rings. The van der Waals surface area contributed by atoms with Crippen molar-refractivity contribution >= 4 is 23.0 Å². The van der Waals surface area contributed by atoms with Gasteiger partial charge < -0.3 is 15.3 Å². The molecule has 2 aliphatic rings. The van der Waals surface area contributed by atoms with Gasteiger partial charge in [0.15, 0.2) is 0 Å². The molecule has 0 atom stereocenters. The standard InChI is InChI=1S/C13H15N3O4/c1-13(18)6-15(7-13)10-4-8-2-3-12(17)14-9(8)5-11(10)16(19)20/h4-5,18H,2-3,6-7H2,1H3,(H,14,17). The normalized spacial score (nSPS) is 19.9. The Labute approximate surface area is 115 Å². The maximum absolute atomic E-state index is 11.4. The number of nitrogens with zero attached hydrogens (tertiary/aromatic N) is 2. The van der Waals surface area contributed by atoms with Gasteiger partial charge in [-0.15, -0.1) is 0 Å². The molecule has 106 valence electrons. The van der Waals surface area contributed by atoms with E-state index >= 15 is 0 Å². The first-order valence-electron chi connectivity index (χ1n) is 6.44. The van der Waals surface area contributed by atoms with Gasteiger partial charge in [-0.05, 0) is 25.0 Å². The summed E-state index contributed by atoms with van der Waals surface area (Å²) in [5.41, 5.74) is 1.09. The van der Waals surface area contributed by atoms with Crippen LogP contribution in [0.15, 0.2) is 12.1 Å². The lowest BCUT2D eigenvalue weighted by Gasteiger charge is -2.45. The second-order valence-corrected chi connectivity index (χ2v) is 5.66. The van der Waals surface area contributed by atoms with E-state index in [-0.39, 0.29) is 11.6 Å². The third-order valence-corrected chi connectivity index (χ3v) is 3.70. The van der Waals surface area contributed by atoms with E-state index in [0.717, 1.165) is 5.56 Å². The highest BCUT2D eigenvalue weighted by Gasteiger charge is 2.39. The lowest BCUT2D eigenvalue weighted by atomic mass is 9.94. The number of aliphatic hydroxyl groups is 1. The van der Waals surface area contributed by atoms with E-state index in [1.165, 1.54) is 6.07 Å². The quantitative estimate of drug-likeness (QED) is 0.622. The first-order chi connectivity index (χ1) is 9.35. The third-order valence-electron chi connectivity index (χ3n) is 3.70. The smallest absolute Gasteiger partial charge is 0.294 e. The van der Waals surface area contributed by atoms with E-state index in [1.807, 2.05) is 0 Å². The fraction of sp³-hybridized carbons (Fsp3) is 0.462. The second-order valence-electron chi connectivity index (χ2n) is 5.66. The van der Waals surface area contributed by atoms with Crippen LogP contribution >= 0.6 is 0 Å². The average molecular weight is 277 g/mol. The molecule has 1 aromatic rings. The molecule has 2 aliphatic heterocycles. The summed E-state index contributed by atoms with van der Waals surface area (Å²) >= 11 is 0. The van der Waals surface area contributed by atoms with E-state index in [1.54, 1.807) is 17.9 Å². The van der Waals surface area contributed by atoms with E-state index in [2.05, 4.69) is 5.32 Å². The Balaban J connectivity index is 2.01. The molecule has 0 saturated carbocycles. The Hall–Kier alpha value is -2.15. The van der Waals surface area contributed by atoms with Crippen LogP contribution in [0.5, 0.6) is 0 Å². The Morgan fingerprint density at radius 1 is 1.40 bits per heavy atom. The van der Waals surface area contributed by atoms with Gasteiger partial charge in [0.05, 0.1) is 16.2 Å². The van der Waals surface area contributed by atoms with Crippen LogP contribution in [-0.2, 0) is 11.2 Å². The molecule has 0 aromatic heterocycles. The van der Waals surface area contributed by atoms with Crippen LogP contribution < -0.4 is 10.2 Å². The van der Waals surface area contributed by atoms with Crippen molar-refractivity contribution in [2.24, 2.45) is 0 Å². The number of amides is 1. The van der Waals surface area contributed by atoms with Crippen molar-refractivity contribution in [2.45, 2.75) is 25.4 Å². The van der Waals surface area contributed by atoms with Gasteiger partial charge in [-0.25, -0.2) is 0 Å². The number of nitro groups is 1. The Kier molecular flexibility index (Phi) is 2.68. The van der Waals surface area contributed by atoms with E-state index in [4.69, 9.17) is 0 Å². The fourth-order valence-corrected chi connectivity index (χ4v) is 2.75. The van der Waals surface area contributed by atoms with Gasteiger partial charge in [0.1, 0.15) is 5.69 Å². The van der Waals surface area contributed by atoms with Crippen LogP contribution in [0.1, 0.15) is 18.9 Å². The third kappa shape index (κ3) is 2.09. The summed E-state index contributed by atoms with van der Waals surface area (Å²) in [7, 11) is 0. The van der Waals surface area contributed by atoms with Gasteiger partial charge in [-0.2, -0.15) is 0 Å². The van der Waals surface area contributed by atoms with Crippen molar-refractivity contribution < 1.29 is 14.8 Å². The summed E-state index contributed by atoms with van der Waals surface area (Å²) < 4.78 is 0. The minimum atomic E-state index is -0.794. The van der Waals surface area contributed by atoms with Gasteiger partial charge >= 0.3 is 0 Å². The highest BCUT2D eigenvalue weighted by atomic mass is 16.6. The Morgan fingerprint density at radius 2 is 2.10 bits per heavy atom. The van der Waals surface area contributed by atoms with Crippen LogP contribution in [0, 0.1) is 10.1 Å². The van der Waals surface area contributed by atoms with Crippen molar-refractivity contribution in [1.29, 1.82) is 0 Å². The number of hydrogen-bond donors (Lipinski definition) is 2. The summed E-state index contributed by atoms with van der Waals surface area (Å²) in [6.07, 6.45) is 0.971. The molecule has 7 heteroatoms. The topological polar surface area (TPSA) is 95.7 Å². The summed E-state index contributed by atoms with van der Waals surface area (Å²) in [6.45, 7) is 2.45. The van der Waals surface area contributed by atoms with E-state index < -0.39 is 10.5 Å². The molecule has 2 heterocycles. The molecule has 0 radical (unpaired) electrons. The number of nitro benzene ring substituents is 1. The summed E-state index contributed by atoms with van der Waals surface area (Å²) in [5, 5.41) is 23.6. The zero-order valence-corrected chi connectivity index (χ0v) is 11.0. The largest absolute Gasteiger partial charge is 0.386 e. The highest BCUT2D eigenvalue weighted by molar-refractivity contribution is 5.95. The lowest BCUT2D eigenvalue weighted by molar-refractivity contribution is -0.384. The van der Waals surface area contributed by atoms with Crippen LogP contribution in [0.3, 0.4) is 0 Å². The molecule has 3 rings (SSSR count). The molecule has 1 saturated heterocycles. The second kappa shape index (κ2) is 4.17. The lowest BCUT2D eigenvalue weighted by Crippen LogP contribution is -2.60. The molecule has 7 nitrogen and oxygen atoms in total. The Bertz CT molecular complexity index is 604. The molecular formula is C13H15N3O4. The number of benzene rings is 1. The van der Waals surface area contributed by atoms with Crippen LogP contribution in [0.2, 0.25) is 0 Å². The number of carbonyl (C=O) groups excluding carboxylic acids is 1. The zero-order chi connectivity index (χ0) is 14.5. The summed E-state index contributed by atoms with van der Waals surface area (Å²) in [5.74, 6) is -0.119. The summed E-state index contributed by atoms with van der Waals surface area (Å²) in [6, 6.07) is 3.16. The van der Waals surface area contributed by atoms with E-state index in [0.29, 0.717) is 37.3 Å². The molecular weight excluding hydrogens is 262 g/mol. The van der Waals surface area contributed by atoms with Crippen molar-refractivity contribution in [2.75, 3.05) is 23.3 Å². The molecule has 20 heavy (non-hydrogen) atoms. The number of aryl methyl sites for hydroxylation is 1. The SMILES string of the molecule is CC1(O)CN(c2cc3c(cc2[N+](=O)[O-])NC(=O)CC3)C1. The highest BCUT2D eigenvalue weighted by Crippen LogP contribution is 2.39. The first-order valence-corrected chi connectivity index (χ1v) is 6.44. The minimum Gasteiger partial charge on any atom is -0.386 e. The number of fused-ring (bicyclic) bond motifs is 1. The number of nitrogens with one attached hydrogen (secondary N) is 1. The predicted molar refractivity (Wildman–Crippen MR) is 72.9 cm³/mol. The molecule has 1 amide bonds. The molecule has 0 unspecified atom stereocenters. The molecule has 2 N–H and O–H groups in total. The maximum Gasteiger partial charge on any atom is 0.294 e. The molecule has 1 aromatic carbocycles. The maximum atomic E-state index is 11.4. The van der Waals surface area contributed by atoms with Gasteiger partial charge in [-0.1, -0.05) is 0 Å². The first kappa shape index (κ1) is 12.9. The average Bonchev–Trinajstić information content (AvgIpc) is 2.34. The molecule has 0 aliphatic carbocycles. The zero-order valence-electron chi connectivity index (χ0n) is 11.0. The van der Waals surface area contributed by atoms with Gasteiger partial charge in [-0.3, -0.25) is 14.9 Å². The van der Waals surface area contributed by atoms with Gasteiger partial charge in [0, 0.05) is 25.6 Å². The number of β-amino-alcohol motifs (C(OH)–C–C–N with tert-alkyl or cyclic N) is 1. The van der Waals surface area contributed by atoms with Crippen molar-refractivity contribution in [3.63, 3.8) is 0 Å². The fourth-order valence-electron chi connectivity index (χ4n) is 2.75. The Morgan fingerprint density at radius 3 is 2.70 bits per heavy atom. The van der Waals surface area contributed by atoms with Crippen molar-refractivity contribution in [3.8, 4) is 0 Å². The number of carbonyl (C=O) groups is 1. The van der Waals surface area contributed by atoms with Gasteiger partial charge in [0.2, 0.25) is 5.91 Å². The number of hydrogen-bond acceptors (Lipinski definition) is 5. The van der Waals surface area contributed by atoms with Crippen LogP contribution in [0.25, 0.3) is 0 Å². The molecule has 0 spiro atoms. The monoisotopic (exact) mass is 277 g/mol. The van der Waals surface area contributed by atoms with Crippen molar-refractivity contribution in [1.82, 2.24) is 0 Å². The summed E-state index contributed by atoms with van der Waals surface area (Å²) in [4.78, 5) is 23.9. The van der Waals surface area contributed by atoms with E-state index in [9.17, 15) is 20.0 Å². The van der Waals surface area contributed by atoms with Crippen LogP contribution in [-0.4, -0.2) is 34.6 Å². The molecule has 0 bridgehead atoms. The minimum absolute atomic E-state index is 0.0403. The van der Waals surface area contributed by atoms with Crippen LogP contribution in [0.4, 0.5) is 17.1 Å². The number of rotatable bonds is 2. The van der Waals surface area contributed by atoms with Gasteiger partial charge in [0.25, 0.3) is 5.69 Å². The van der Waals surface area contributed by atoms with Crippen molar-refractivity contribution in [3.05, 3.63) is 27.8 Å². The predicted octanol–water partition coefficient (Wildman–Crippen LogP) is 1.05.